The number of ether oxygens (including phenoxy) is 1. The van der Waals surface area contributed by atoms with E-state index in [9.17, 15) is 10.1 Å². The zero-order valence-electron chi connectivity index (χ0n) is 10.3. The average molecular weight is 259 g/mol. The zero-order valence-corrected chi connectivity index (χ0v) is 10.3. The lowest BCUT2D eigenvalue weighted by atomic mass is 10.2. The highest BCUT2D eigenvalue weighted by Gasteiger charge is 2.17. The first kappa shape index (κ1) is 12.7. The van der Waals surface area contributed by atoms with E-state index in [0.29, 0.717) is 17.1 Å². The molecule has 0 atom stereocenters. The molecule has 0 unspecified atom stereocenters. The standard InChI is InChI=1S/C13H13N3O3/c1-19-10-5-2-4-9(8-10)15-12-7-3-6-11(14)13(12)16(17)18/h2-8,15H,14H2,1H3. The summed E-state index contributed by atoms with van der Waals surface area (Å²) in [5.41, 5.74) is 6.65. The van der Waals surface area contributed by atoms with Crippen LogP contribution in [0.25, 0.3) is 0 Å². The first-order valence-corrected chi connectivity index (χ1v) is 5.56. The molecule has 0 aliphatic heterocycles. The van der Waals surface area contributed by atoms with Crippen molar-refractivity contribution in [1.82, 2.24) is 0 Å². The molecule has 2 rings (SSSR count). The molecule has 0 saturated heterocycles. The highest BCUT2D eigenvalue weighted by molar-refractivity contribution is 5.78. The Balaban J connectivity index is 2.38. The van der Waals surface area contributed by atoms with Gasteiger partial charge >= 0.3 is 5.69 Å². The van der Waals surface area contributed by atoms with Crippen molar-refractivity contribution in [2.75, 3.05) is 18.2 Å². The third-order valence-electron chi connectivity index (χ3n) is 2.60. The van der Waals surface area contributed by atoms with E-state index >= 15 is 0 Å². The SMILES string of the molecule is COc1cccc(Nc2cccc(N)c2[N+](=O)[O-])c1. The van der Waals surface area contributed by atoms with Gasteiger partial charge in [-0.05, 0) is 24.3 Å². The molecule has 0 amide bonds. The fourth-order valence-electron chi connectivity index (χ4n) is 1.72. The van der Waals surface area contributed by atoms with Gasteiger partial charge < -0.3 is 15.8 Å². The van der Waals surface area contributed by atoms with Gasteiger partial charge in [-0.25, -0.2) is 0 Å². The van der Waals surface area contributed by atoms with Crippen molar-refractivity contribution in [2.45, 2.75) is 0 Å². The number of nitro groups is 1. The second-order valence-corrected chi connectivity index (χ2v) is 3.86. The Morgan fingerprint density at radius 2 is 2.00 bits per heavy atom. The molecule has 0 bridgehead atoms. The van der Waals surface area contributed by atoms with Crippen LogP contribution in [0, 0.1) is 10.1 Å². The van der Waals surface area contributed by atoms with Crippen LogP contribution in [0.2, 0.25) is 0 Å². The molecule has 0 aliphatic rings. The molecule has 0 radical (unpaired) electrons. The lowest BCUT2D eigenvalue weighted by Crippen LogP contribution is -2.01. The molecule has 19 heavy (non-hydrogen) atoms. The fourth-order valence-corrected chi connectivity index (χ4v) is 1.72. The van der Waals surface area contributed by atoms with Gasteiger partial charge in [-0.15, -0.1) is 0 Å². The second kappa shape index (κ2) is 5.26. The van der Waals surface area contributed by atoms with E-state index in [-0.39, 0.29) is 11.4 Å². The van der Waals surface area contributed by atoms with Crippen molar-refractivity contribution < 1.29 is 9.66 Å². The molecule has 0 saturated carbocycles. The highest BCUT2D eigenvalue weighted by Crippen LogP contribution is 2.33. The number of nitro benzene ring substituents is 1. The highest BCUT2D eigenvalue weighted by atomic mass is 16.6. The second-order valence-electron chi connectivity index (χ2n) is 3.86. The van der Waals surface area contributed by atoms with Crippen molar-refractivity contribution in [3.63, 3.8) is 0 Å². The first-order valence-electron chi connectivity index (χ1n) is 5.56. The van der Waals surface area contributed by atoms with Gasteiger partial charge in [0.2, 0.25) is 0 Å². The Labute approximate surface area is 110 Å². The number of para-hydroxylation sites is 1. The molecular weight excluding hydrogens is 246 g/mol. The van der Waals surface area contributed by atoms with Crippen molar-refractivity contribution >= 4 is 22.7 Å². The predicted octanol–water partition coefficient (Wildman–Crippen LogP) is 2.93. The number of nitrogens with zero attached hydrogens (tertiary/aromatic N) is 1. The third-order valence-corrected chi connectivity index (χ3v) is 2.60. The molecular formula is C13H13N3O3. The number of anilines is 3. The largest absolute Gasteiger partial charge is 0.497 e. The summed E-state index contributed by atoms with van der Waals surface area (Å²) in [6.07, 6.45) is 0. The summed E-state index contributed by atoms with van der Waals surface area (Å²) < 4.78 is 5.10. The smallest absolute Gasteiger partial charge is 0.315 e. The maximum absolute atomic E-state index is 11.0. The number of rotatable bonds is 4. The van der Waals surface area contributed by atoms with Crippen molar-refractivity contribution in [3.05, 3.63) is 52.6 Å². The van der Waals surface area contributed by atoms with Crippen LogP contribution in [0.3, 0.4) is 0 Å². The minimum absolute atomic E-state index is 0.123. The first-order chi connectivity index (χ1) is 9.11. The van der Waals surface area contributed by atoms with E-state index in [0.717, 1.165) is 0 Å². The number of hydrogen-bond acceptors (Lipinski definition) is 5. The monoisotopic (exact) mass is 259 g/mol. The number of nitrogens with two attached hydrogens (primary N) is 1. The van der Waals surface area contributed by atoms with Crippen LogP contribution >= 0.6 is 0 Å². The Morgan fingerprint density at radius 3 is 2.68 bits per heavy atom. The quantitative estimate of drug-likeness (QED) is 0.500. The summed E-state index contributed by atoms with van der Waals surface area (Å²) in [5, 5.41) is 14.0. The van der Waals surface area contributed by atoms with Crippen LogP contribution in [0.1, 0.15) is 0 Å². The number of nitrogens with one attached hydrogen (secondary N) is 1. The molecule has 3 N–H and O–H groups in total. The summed E-state index contributed by atoms with van der Waals surface area (Å²) in [7, 11) is 1.56. The maximum Gasteiger partial charge on any atom is 0.315 e. The Kier molecular flexibility index (Phi) is 3.51. The number of hydrogen-bond donors (Lipinski definition) is 2. The minimum Gasteiger partial charge on any atom is -0.497 e. The van der Waals surface area contributed by atoms with Crippen LogP contribution < -0.4 is 15.8 Å². The Bertz CT molecular complexity index is 614. The van der Waals surface area contributed by atoms with Crippen molar-refractivity contribution in [1.29, 1.82) is 0 Å². The van der Waals surface area contributed by atoms with Gasteiger partial charge in [-0.2, -0.15) is 0 Å². The normalized spacial score (nSPS) is 9.95. The lowest BCUT2D eigenvalue weighted by Gasteiger charge is -2.09. The van der Waals surface area contributed by atoms with Gasteiger partial charge in [0.25, 0.3) is 0 Å². The van der Waals surface area contributed by atoms with Gasteiger partial charge in [-0.1, -0.05) is 12.1 Å². The lowest BCUT2D eigenvalue weighted by molar-refractivity contribution is -0.383. The van der Waals surface area contributed by atoms with Gasteiger partial charge in [0, 0.05) is 11.8 Å². The maximum atomic E-state index is 11.0. The van der Waals surface area contributed by atoms with Gasteiger partial charge in [-0.3, -0.25) is 10.1 Å². The molecule has 0 aliphatic carbocycles. The summed E-state index contributed by atoms with van der Waals surface area (Å²) in [6.45, 7) is 0. The molecule has 2 aromatic carbocycles. The molecule has 2 aromatic rings. The van der Waals surface area contributed by atoms with Crippen LogP contribution in [-0.4, -0.2) is 12.0 Å². The molecule has 0 aromatic heterocycles. The zero-order chi connectivity index (χ0) is 13.8. The Hall–Kier alpha value is -2.76. The number of benzene rings is 2. The molecule has 0 spiro atoms. The van der Waals surface area contributed by atoms with Gasteiger partial charge in [0.05, 0.1) is 12.0 Å². The van der Waals surface area contributed by atoms with Crippen LogP contribution in [-0.2, 0) is 0 Å². The van der Waals surface area contributed by atoms with E-state index in [1.807, 2.05) is 0 Å². The number of nitrogen functional groups attached to an aromatic ring is 1. The predicted molar refractivity (Wildman–Crippen MR) is 73.8 cm³/mol. The van der Waals surface area contributed by atoms with E-state index in [1.165, 1.54) is 6.07 Å². The van der Waals surface area contributed by atoms with Gasteiger partial charge in [0.15, 0.2) is 0 Å². The van der Waals surface area contributed by atoms with Gasteiger partial charge in [0.1, 0.15) is 17.1 Å². The average Bonchev–Trinajstić information content (AvgIpc) is 2.38. The van der Waals surface area contributed by atoms with Crippen LogP contribution in [0.4, 0.5) is 22.7 Å². The molecule has 0 fully saturated rings. The molecule has 6 heteroatoms. The minimum atomic E-state index is -0.502. The summed E-state index contributed by atoms with van der Waals surface area (Å²) in [6, 6.07) is 11.9. The summed E-state index contributed by atoms with van der Waals surface area (Å²) in [4.78, 5) is 10.5. The summed E-state index contributed by atoms with van der Waals surface area (Å²) in [5.74, 6) is 0.663. The molecule has 6 nitrogen and oxygen atoms in total. The van der Waals surface area contributed by atoms with E-state index in [1.54, 1.807) is 43.5 Å². The molecule has 0 heterocycles. The van der Waals surface area contributed by atoms with E-state index < -0.39 is 4.92 Å². The summed E-state index contributed by atoms with van der Waals surface area (Å²) >= 11 is 0. The van der Waals surface area contributed by atoms with Crippen molar-refractivity contribution in [3.8, 4) is 5.75 Å². The Morgan fingerprint density at radius 1 is 1.26 bits per heavy atom. The topological polar surface area (TPSA) is 90.4 Å². The van der Waals surface area contributed by atoms with Crippen molar-refractivity contribution in [2.24, 2.45) is 0 Å². The van der Waals surface area contributed by atoms with Crippen LogP contribution in [0.5, 0.6) is 5.75 Å². The van der Waals surface area contributed by atoms with E-state index in [4.69, 9.17) is 10.5 Å². The molecule has 98 valence electrons. The fraction of sp³-hybridized carbons (Fsp3) is 0.0769. The number of methoxy groups -OCH3 is 1. The van der Waals surface area contributed by atoms with Crippen LogP contribution in [0.15, 0.2) is 42.5 Å². The third kappa shape index (κ3) is 2.74. The van der Waals surface area contributed by atoms with E-state index in [2.05, 4.69) is 5.32 Å².